The third kappa shape index (κ3) is 6.94. The van der Waals surface area contributed by atoms with E-state index in [9.17, 15) is 18.0 Å². The lowest BCUT2D eigenvalue weighted by molar-refractivity contribution is -0.139. The summed E-state index contributed by atoms with van der Waals surface area (Å²) in [5.41, 5.74) is 2.77. The van der Waals surface area contributed by atoms with E-state index in [0.29, 0.717) is 22.8 Å². The average molecular weight is 556 g/mol. The molecule has 3 aromatic carbocycles. The summed E-state index contributed by atoms with van der Waals surface area (Å²) in [6.45, 7) is 7.42. The highest BCUT2D eigenvalue weighted by Crippen LogP contribution is 2.30. The van der Waals surface area contributed by atoms with Gasteiger partial charge in [0.2, 0.25) is 11.8 Å². The largest absolute Gasteiger partial charge is 0.354 e. The standard InChI is InChI=1S/C29H34ClN3O4S/c1-5-17-31-29(35)23(4)32(19-24-12-10-9-11-21(24)2)28(34)20-33(27-18-25(30)16-15-22(27)3)38(36,37)26-13-7-6-8-14-26/h6-16,18,23H,5,17,19-20H2,1-4H3,(H,31,35)/t23-/m1/s1. The van der Waals surface area contributed by atoms with Crippen molar-refractivity contribution in [1.82, 2.24) is 10.2 Å². The monoisotopic (exact) mass is 555 g/mol. The van der Waals surface area contributed by atoms with E-state index in [1.807, 2.05) is 38.1 Å². The Labute approximate surface area is 230 Å². The van der Waals surface area contributed by atoms with E-state index >= 15 is 0 Å². The highest BCUT2D eigenvalue weighted by molar-refractivity contribution is 7.92. The number of carbonyl (C=O) groups excluding carboxylic acids is 2. The molecule has 0 aliphatic carbocycles. The Morgan fingerprint density at radius 1 is 0.947 bits per heavy atom. The molecule has 1 N–H and O–H groups in total. The van der Waals surface area contributed by atoms with Crippen LogP contribution < -0.4 is 9.62 Å². The van der Waals surface area contributed by atoms with Crippen LogP contribution in [0.4, 0.5) is 5.69 Å². The number of halogens is 1. The molecule has 0 unspecified atom stereocenters. The van der Waals surface area contributed by atoms with Crippen molar-refractivity contribution in [1.29, 1.82) is 0 Å². The number of nitrogens with one attached hydrogen (secondary N) is 1. The number of amides is 2. The quantitative estimate of drug-likeness (QED) is 0.357. The summed E-state index contributed by atoms with van der Waals surface area (Å²) in [4.78, 5) is 28.4. The van der Waals surface area contributed by atoms with E-state index in [1.165, 1.54) is 23.1 Å². The van der Waals surface area contributed by atoms with Crippen LogP contribution in [0.25, 0.3) is 0 Å². The molecule has 0 saturated heterocycles. The minimum absolute atomic E-state index is 0.0476. The van der Waals surface area contributed by atoms with Gasteiger partial charge in [-0.15, -0.1) is 0 Å². The number of carbonyl (C=O) groups is 2. The second-order valence-electron chi connectivity index (χ2n) is 9.17. The van der Waals surface area contributed by atoms with Crippen LogP contribution >= 0.6 is 11.6 Å². The van der Waals surface area contributed by atoms with E-state index in [-0.39, 0.29) is 17.3 Å². The first-order valence-corrected chi connectivity index (χ1v) is 14.3. The summed E-state index contributed by atoms with van der Waals surface area (Å²) in [6.07, 6.45) is 0.751. The van der Waals surface area contributed by atoms with Crippen molar-refractivity contribution in [2.75, 3.05) is 17.4 Å². The molecule has 0 aliphatic rings. The van der Waals surface area contributed by atoms with Crippen molar-refractivity contribution in [2.45, 2.75) is 51.6 Å². The predicted molar refractivity (Wildman–Crippen MR) is 152 cm³/mol. The smallest absolute Gasteiger partial charge is 0.264 e. The van der Waals surface area contributed by atoms with Gasteiger partial charge < -0.3 is 10.2 Å². The normalized spacial score (nSPS) is 12.0. The Bertz CT molecular complexity index is 1380. The number of hydrogen-bond donors (Lipinski definition) is 1. The fraction of sp³-hybridized carbons (Fsp3) is 0.310. The molecule has 0 aliphatic heterocycles. The summed E-state index contributed by atoms with van der Waals surface area (Å²) >= 11 is 6.25. The molecule has 2 amide bonds. The van der Waals surface area contributed by atoms with Crippen LogP contribution in [0.1, 0.15) is 37.0 Å². The minimum atomic E-state index is -4.14. The number of nitrogens with zero attached hydrogens (tertiary/aromatic N) is 2. The Balaban J connectivity index is 2.06. The molecule has 3 aromatic rings. The van der Waals surface area contributed by atoms with Crippen molar-refractivity contribution < 1.29 is 18.0 Å². The maximum absolute atomic E-state index is 13.9. The topological polar surface area (TPSA) is 86.8 Å². The van der Waals surface area contributed by atoms with Crippen molar-refractivity contribution >= 4 is 39.1 Å². The average Bonchev–Trinajstić information content (AvgIpc) is 2.91. The first-order valence-electron chi connectivity index (χ1n) is 12.5. The summed E-state index contributed by atoms with van der Waals surface area (Å²) in [6, 6.07) is 19.6. The molecule has 0 aromatic heterocycles. The molecule has 1 atom stereocenters. The van der Waals surface area contributed by atoms with Gasteiger partial charge in [0, 0.05) is 18.1 Å². The Hall–Kier alpha value is -3.36. The van der Waals surface area contributed by atoms with Crippen molar-refractivity contribution in [3.05, 3.63) is 94.5 Å². The van der Waals surface area contributed by atoms with E-state index < -0.39 is 28.5 Å². The molecule has 0 fully saturated rings. The van der Waals surface area contributed by atoms with Crippen LogP contribution in [0.3, 0.4) is 0 Å². The number of anilines is 1. The van der Waals surface area contributed by atoms with E-state index in [0.717, 1.165) is 21.9 Å². The van der Waals surface area contributed by atoms with Gasteiger partial charge in [-0.25, -0.2) is 8.42 Å². The van der Waals surface area contributed by atoms with E-state index in [1.54, 1.807) is 44.2 Å². The second-order valence-corrected chi connectivity index (χ2v) is 11.5. The molecule has 202 valence electrons. The first-order chi connectivity index (χ1) is 18.1. The maximum Gasteiger partial charge on any atom is 0.264 e. The zero-order valence-electron chi connectivity index (χ0n) is 22.1. The van der Waals surface area contributed by atoms with Crippen molar-refractivity contribution in [3.8, 4) is 0 Å². The SMILES string of the molecule is CCCNC(=O)[C@@H](C)N(Cc1ccccc1C)C(=O)CN(c1cc(Cl)ccc1C)S(=O)(=O)c1ccccc1. The van der Waals surface area contributed by atoms with Crippen LogP contribution in [0.5, 0.6) is 0 Å². The van der Waals surface area contributed by atoms with Gasteiger partial charge in [-0.2, -0.15) is 0 Å². The number of benzene rings is 3. The van der Waals surface area contributed by atoms with Gasteiger partial charge >= 0.3 is 0 Å². The molecule has 0 spiro atoms. The minimum Gasteiger partial charge on any atom is -0.354 e. The zero-order valence-corrected chi connectivity index (χ0v) is 23.7. The van der Waals surface area contributed by atoms with Crippen LogP contribution in [-0.2, 0) is 26.2 Å². The Kier molecular flexibility index (Phi) is 9.94. The van der Waals surface area contributed by atoms with Crippen LogP contribution in [-0.4, -0.2) is 44.3 Å². The molecule has 7 nitrogen and oxygen atoms in total. The highest BCUT2D eigenvalue weighted by atomic mass is 35.5. The molecular formula is C29H34ClN3O4S. The van der Waals surface area contributed by atoms with Gasteiger partial charge in [0.05, 0.1) is 10.6 Å². The van der Waals surface area contributed by atoms with Gasteiger partial charge in [-0.3, -0.25) is 13.9 Å². The third-order valence-electron chi connectivity index (χ3n) is 6.37. The third-order valence-corrected chi connectivity index (χ3v) is 8.38. The predicted octanol–water partition coefficient (Wildman–Crippen LogP) is 5.10. The number of sulfonamides is 1. The lowest BCUT2D eigenvalue weighted by Gasteiger charge is -2.32. The first kappa shape index (κ1) is 29.2. The fourth-order valence-corrected chi connectivity index (χ4v) is 5.69. The number of rotatable bonds is 11. The van der Waals surface area contributed by atoms with E-state index in [2.05, 4.69) is 5.32 Å². The summed E-state index contributed by atoms with van der Waals surface area (Å²) in [7, 11) is -4.14. The van der Waals surface area contributed by atoms with Crippen molar-refractivity contribution in [3.63, 3.8) is 0 Å². The van der Waals surface area contributed by atoms with Gasteiger partial charge in [0.1, 0.15) is 12.6 Å². The molecule has 0 heterocycles. The highest BCUT2D eigenvalue weighted by Gasteiger charge is 2.33. The number of hydrogen-bond acceptors (Lipinski definition) is 4. The molecule has 0 radical (unpaired) electrons. The summed E-state index contributed by atoms with van der Waals surface area (Å²) in [5, 5.41) is 3.19. The van der Waals surface area contributed by atoms with E-state index in [4.69, 9.17) is 11.6 Å². The molecule has 38 heavy (non-hydrogen) atoms. The fourth-order valence-electron chi connectivity index (χ4n) is 4.03. The van der Waals surface area contributed by atoms with Gasteiger partial charge in [0.15, 0.2) is 0 Å². The lowest BCUT2D eigenvalue weighted by Crippen LogP contribution is -2.51. The van der Waals surface area contributed by atoms with Crippen LogP contribution in [0.2, 0.25) is 5.02 Å². The summed E-state index contributed by atoms with van der Waals surface area (Å²) in [5.74, 6) is -0.809. The molecular weight excluding hydrogens is 522 g/mol. The molecule has 3 rings (SSSR count). The maximum atomic E-state index is 13.9. The molecule has 0 saturated carbocycles. The van der Waals surface area contributed by atoms with Gasteiger partial charge in [0.25, 0.3) is 10.0 Å². The van der Waals surface area contributed by atoms with Crippen molar-refractivity contribution in [2.24, 2.45) is 0 Å². The Morgan fingerprint density at radius 2 is 1.61 bits per heavy atom. The van der Waals surface area contributed by atoms with Gasteiger partial charge in [-0.1, -0.05) is 67.1 Å². The zero-order chi connectivity index (χ0) is 27.9. The lowest BCUT2D eigenvalue weighted by atomic mass is 10.1. The summed E-state index contributed by atoms with van der Waals surface area (Å²) < 4.78 is 28.8. The Morgan fingerprint density at radius 3 is 2.26 bits per heavy atom. The van der Waals surface area contributed by atoms with Crippen LogP contribution in [0.15, 0.2) is 77.7 Å². The second kappa shape index (κ2) is 12.9. The van der Waals surface area contributed by atoms with Gasteiger partial charge in [-0.05, 0) is 68.1 Å². The van der Waals surface area contributed by atoms with Crippen LogP contribution in [0, 0.1) is 13.8 Å². The molecule has 0 bridgehead atoms. The number of aryl methyl sites for hydroxylation is 2. The molecule has 9 heteroatoms.